The summed E-state index contributed by atoms with van der Waals surface area (Å²) in [6, 6.07) is 1.50. The minimum absolute atomic E-state index is 0.189. The van der Waals surface area contributed by atoms with Crippen LogP contribution in [0, 0.1) is 30.2 Å². The summed E-state index contributed by atoms with van der Waals surface area (Å²) in [6.07, 6.45) is 2.62. The molecule has 1 aromatic heterocycles. The number of carboxylic acids is 1. The van der Waals surface area contributed by atoms with Gasteiger partial charge in [-0.05, 0) is 24.1 Å². The quantitative estimate of drug-likeness (QED) is 0.436. The monoisotopic (exact) mass is 426 g/mol. The number of aliphatic carboxylic acids is 1. The van der Waals surface area contributed by atoms with Crippen molar-refractivity contribution in [1.29, 1.82) is 0 Å². The second-order valence-corrected chi connectivity index (χ2v) is 7.62. The van der Waals surface area contributed by atoms with E-state index in [2.05, 4.69) is 4.98 Å². The van der Waals surface area contributed by atoms with Crippen molar-refractivity contribution in [2.45, 2.75) is 18.4 Å². The molecule has 2 rings (SSSR count). The molecule has 6 nitrogen and oxygen atoms in total. The van der Waals surface area contributed by atoms with Gasteiger partial charge >= 0.3 is 5.97 Å². The SMILES string of the molecule is Cc1ccncc1CN(CC(=O)O)S(=O)(=O)c1c(F)c(F)c(F)c(Cl)c1F. The maximum atomic E-state index is 14.2. The first-order chi connectivity index (χ1) is 12.5. The average molecular weight is 427 g/mol. The second-order valence-electron chi connectivity index (χ2n) is 5.37. The summed E-state index contributed by atoms with van der Waals surface area (Å²) in [4.78, 5) is 12.9. The van der Waals surface area contributed by atoms with Crippen molar-refractivity contribution < 1.29 is 35.9 Å². The van der Waals surface area contributed by atoms with Gasteiger partial charge in [-0.2, -0.15) is 4.31 Å². The Kier molecular flexibility index (Phi) is 6.07. The van der Waals surface area contributed by atoms with Gasteiger partial charge in [-0.3, -0.25) is 9.78 Å². The van der Waals surface area contributed by atoms with Gasteiger partial charge in [-0.25, -0.2) is 26.0 Å². The lowest BCUT2D eigenvalue weighted by Crippen LogP contribution is -2.36. The van der Waals surface area contributed by atoms with Crippen molar-refractivity contribution in [2.75, 3.05) is 6.54 Å². The second kappa shape index (κ2) is 7.79. The number of sulfonamides is 1. The van der Waals surface area contributed by atoms with E-state index in [9.17, 15) is 30.8 Å². The molecule has 146 valence electrons. The van der Waals surface area contributed by atoms with E-state index in [4.69, 9.17) is 16.7 Å². The largest absolute Gasteiger partial charge is 0.480 e. The Labute approximate surface area is 156 Å². The van der Waals surface area contributed by atoms with E-state index in [1.165, 1.54) is 18.5 Å². The van der Waals surface area contributed by atoms with Crippen LogP contribution in [0.2, 0.25) is 5.02 Å². The molecule has 1 aromatic carbocycles. The number of hydrogen-bond acceptors (Lipinski definition) is 4. The topological polar surface area (TPSA) is 87.6 Å². The van der Waals surface area contributed by atoms with Crippen molar-refractivity contribution in [3.63, 3.8) is 0 Å². The van der Waals surface area contributed by atoms with Gasteiger partial charge in [0, 0.05) is 18.9 Å². The van der Waals surface area contributed by atoms with Crippen molar-refractivity contribution in [1.82, 2.24) is 9.29 Å². The number of rotatable bonds is 6. The number of carbonyl (C=O) groups is 1. The molecule has 0 saturated heterocycles. The number of pyridine rings is 1. The number of aromatic nitrogens is 1. The fourth-order valence-corrected chi connectivity index (χ4v) is 3.90. The number of nitrogens with zero attached hydrogens (tertiary/aromatic N) is 2. The molecule has 0 radical (unpaired) electrons. The maximum Gasteiger partial charge on any atom is 0.318 e. The van der Waals surface area contributed by atoms with Crippen molar-refractivity contribution in [3.05, 3.63) is 57.9 Å². The summed E-state index contributed by atoms with van der Waals surface area (Å²) in [7, 11) is -5.25. The summed E-state index contributed by atoms with van der Waals surface area (Å²) in [5.74, 6) is -10.4. The lowest BCUT2D eigenvalue weighted by atomic mass is 10.1. The summed E-state index contributed by atoms with van der Waals surface area (Å²) in [6.45, 7) is -0.270. The highest BCUT2D eigenvalue weighted by Gasteiger charge is 2.37. The zero-order chi connectivity index (χ0) is 20.5. The highest BCUT2D eigenvalue weighted by Crippen LogP contribution is 2.33. The number of carboxylic acid groups (broad SMARTS) is 1. The molecule has 0 aliphatic carbocycles. The molecule has 0 bridgehead atoms. The van der Waals surface area contributed by atoms with Gasteiger partial charge in [0.2, 0.25) is 10.0 Å². The highest BCUT2D eigenvalue weighted by molar-refractivity contribution is 7.89. The van der Waals surface area contributed by atoms with E-state index < -0.39 is 62.3 Å². The molecule has 12 heteroatoms. The van der Waals surface area contributed by atoms with Crippen LogP contribution >= 0.6 is 11.6 Å². The molecule has 1 heterocycles. The Morgan fingerprint density at radius 2 is 1.81 bits per heavy atom. The Hall–Kier alpha value is -2.24. The summed E-state index contributed by atoms with van der Waals surface area (Å²) < 4.78 is 80.6. The number of benzene rings is 1. The highest BCUT2D eigenvalue weighted by atomic mass is 35.5. The van der Waals surface area contributed by atoms with Gasteiger partial charge in [-0.1, -0.05) is 11.6 Å². The van der Waals surface area contributed by atoms with E-state index in [0.717, 1.165) is 0 Å². The Morgan fingerprint density at radius 1 is 1.19 bits per heavy atom. The predicted octanol–water partition coefficient (Wildman–Crippen LogP) is 2.88. The first-order valence-electron chi connectivity index (χ1n) is 7.11. The van der Waals surface area contributed by atoms with Crippen LogP contribution in [0.15, 0.2) is 23.4 Å². The smallest absolute Gasteiger partial charge is 0.318 e. The molecule has 0 atom stereocenters. The normalized spacial score (nSPS) is 11.8. The van der Waals surface area contributed by atoms with E-state index in [0.29, 0.717) is 5.56 Å². The summed E-state index contributed by atoms with van der Waals surface area (Å²) >= 11 is 5.20. The van der Waals surface area contributed by atoms with Crippen molar-refractivity contribution in [3.8, 4) is 0 Å². The van der Waals surface area contributed by atoms with E-state index in [1.54, 1.807) is 6.92 Å². The molecule has 0 spiro atoms. The van der Waals surface area contributed by atoms with E-state index in [-0.39, 0.29) is 9.87 Å². The molecular formula is C15H11ClF4N2O4S. The molecule has 2 aromatic rings. The Morgan fingerprint density at radius 3 is 2.37 bits per heavy atom. The average Bonchev–Trinajstić information content (AvgIpc) is 2.59. The molecule has 0 amide bonds. The van der Waals surface area contributed by atoms with Crippen molar-refractivity contribution >= 4 is 27.6 Å². The zero-order valence-corrected chi connectivity index (χ0v) is 15.1. The lowest BCUT2D eigenvalue weighted by Gasteiger charge is -2.22. The first-order valence-corrected chi connectivity index (χ1v) is 8.93. The molecular weight excluding hydrogens is 416 g/mol. The minimum atomic E-state index is -5.25. The third-order valence-electron chi connectivity index (χ3n) is 3.57. The predicted molar refractivity (Wildman–Crippen MR) is 85.5 cm³/mol. The third-order valence-corrected chi connectivity index (χ3v) is 5.72. The van der Waals surface area contributed by atoms with Crippen LogP contribution in [-0.2, 0) is 21.4 Å². The number of aryl methyl sites for hydroxylation is 1. The van der Waals surface area contributed by atoms with E-state index in [1.807, 2.05) is 0 Å². The molecule has 0 unspecified atom stereocenters. The van der Waals surface area contributed by atoms with Gasteiger partial charge in [0.1, 0.15) is 11.6 Å². The van der Waals surface area contributed by atoms with Crippen LogP contribution in [0.4, 0.5) is 17.6 Å². The van der Waals surface area contributed by atoms with E-state index >= 15 is 0 Å². The third kappa shape index (κ3) is 4.04. The maximum absolute atomic E-state index is 14.2. The molecule has 27 heavy (non-hydrogen) atoms. The summed E-state index contributed by atoms with van der Waals surface area (Å²) in [5, 5.41) is 7.39. The zero-order valence-electron chi connectivity index (χ0n) is 13.5. The van der Waals surface area contributed by atoms with Gasteiger partial charge in [0.25, 0.3) is 0 Å². The summed E-state index contributed by atoms with van der Waals surface area (Å²) in [5.41, 5.74) is 0.747. The fourth-order valence-electron chi connectivity index (χ4n) is 2.17. The number of hydrogen-bond donors (Lipinski definition) is 1. The molecule has 0 aliphatic heterocycles. The Bertz CT molecular complexity index is 988. The molecule has 0 aliphatic rings. The number of halogens is 5. The van der Waals surface area contributed by atoms with Crippen molar-refractivity contribution in [2.24, 2.45) is 0 Å². The first kappa shape index (κ1) is 21.1. The van der Waals surface area contributed by atoms with Crippen LogP contribution in [0.25, 0.3) is 0 Å². The fraction of sp³-hybridized carbons (Fsp3) is 0.200. The standard InChI is InChI=1S/C15H11ClF4N2O4S/c1-7-2-3-21-4-8(7)5-22(6-9(23)24)27(25,26)15-12(18)10(16)11(17)13(19)14(15)20/h2-4H,5-6H2,1H3,(H,23,24). The molecule has 0 saturated carbocycles. The van der Waals surface area contributed by atoms with Gasteiger partial charge in [-0.15, -0.1) is 0 Å². The van der Waals surface area contributed by atoms with Gasteiger partial charge in [0.15, 0.2) is 28.2 Å². The van der Waals surface area contributed by atoms with Crippen LogP contribution < -0.4 is 0 Å². The minimum Gasteiger partial charge on any atom is -0.480 e. The van der Waals surface area contributed by atoms with Crippen LogP contribution in [0.3, 0.4) is 0 Å². The molecule has 1 N–H and O–H groups in total. The lowest BCUT2D eigenvalue weighted by molar-refractivity contribution is -0.137. The van der Waals surface area contributed by atoms with Crippen LogP contribution in [0.1, 0.15) is 11.1 Å². The Balaban J connectivity index is 2.65. The van der Waals surface area contributed by atoms with Crippen LogP contribution in [0.5, 0.6) is 0 Å². The molecule has 0 fully saturated rings. The van der Waals surface area contributed by atoms with Crippen LogP contribution in [-0.4, -0.2) is 35.3 Å². The van der Waals surface area contributed by atoms with Gasteiger partial charge < -0.3 is 5.11 Å². The van der Waals surface area contributed by atoms with Gasteiger partial charge in [0.05, 0.1) is 0 Å².